The van der Waals surface area contributed by atoms with Crippen molar-refractivity contribution < 1.29 is 0 Å². The second kappa shape index (κ2) is 6.12. The fraction of sp³-hybridized carbons (Fsp3) is 0.625. The minimum absolute atomic E-state index is 0.600. The second-order valence-electron chi connectivity index (χ2n) is 5.77. The first-order chi connectivity index (χ1) is 8.63. The van der Waals surface area contributed by atoms with E-state index in [1.807, 2.05) is 11.8 Å². The molecule has 0 bridgehead atoms. The summed E-state index contributed by atoms with van der Waals surface area (Å²) in [5, 5.41) is 3.44. The van der Waals surface area contributed by atoms with Gasteiger partial charge < -0.3 is 5.32 Å². The fourth-order valence-corrected chi connectivity index (χ4v) is 4.29. The van der Waals surface area contributed by atoms with Crippen LogP contribution >= 0.6 is 11.8 Å². The molecule has 3 unspecified atom stereocenters. The molecule has 0 saturated carbocycles. The van der Waals surface area contributed by atoms with E-state index >= 15 is 0 Å². The predicted octanol–water partition coefficient (Wildman–Crippen LogP) is 4.15. The van der Waals surface area contributed by atoms with Gasteiger partial charge in [0.05, 0.1) is 0 Å². The average molecular weight is 263 g/mol. The molecule has 0 radical (unpaired) electrons. The molecule has 1 aromatic rings. The number of benzene rings is 1. The van der Waals surface area contributed by atoms with Gasteiger partial charge in [0.25, 0.3) is 0 Å². The van der Waals surface area contributed by atoms with Gasteiger partial charge >= 0.3 is 0 Å². The topological polar surface area (TPSA) is 12.0 Å². The lowest BCUT2D eigenvalue weighted by Gasteiger charge is -2.29. The first-order valence-electron chi connectivity index (χ1n) is 7.02. The van der Waals surface area contributed by atoms with Crippen molar-refractivity contribution in [3.8, 4) is 0 Å². The molecule has 1 aromatic carbocycles. The highest BCUT2D eigenvalue weighted by molar-refractivity contribution is 7.99. The Hall–Kier alpha value is -0.470. The standard InChI is InChI=1S/C16H25NS/c1-11(2)15(12(3)17-4)9-13-10-18-16-8-6-5-7-14(13)16/h5-8,11-13,15,17H,9-10H2,1-4H3. The van der Waals surface area contributed by atoms with Crippen LogP contribution in [0, 0.1) is 11.8 Å². The summed E-state index contributed by atoms with van der Waals surface area (Å²) in [6.45, 7) is 7.03. The van der Waals surface area contributed by atoms with E-state index in [4.69, 9.17) is 0 Å². The van der Waals surface area contributed by atoms with Crippen molar-refractivity contribution in [3.63, 3.8) is 0 Å². The fourth-order valence-electron chi connectivity index (χ4n) is 3.02. The zero-order valence-corrected chi connectivity index (χ0v) is 12.8. The quantitative estimate of drug-likeness (QED) is 0.856. The number of hydrogen-bond acceptors (Lipinski definition) is 2. The third-order valence-electron chi connectivity index (χ3n) is 4.31. The van der Waals surface area contributed by atoms with Crippen LogP contribution in [0.2, 0.25) is 0 Å². The Morgan fingerprint density at radius 2 is 2.00 bits per heavy atom. The molecule has 1 N–H and O–H groups in total. The van der Waals surface area contributed by atoms with Crippen LogP contribution in [0.1, 0.15) is 38.7 Å². The number of nitrogens with one attached hydrogen (secondary N) is 1. The summed E-state index contributed by atoms with van der Waals surface area (Å²) in [5.41, 5.74) is 1.58. The van der Waals surface area contributed by atoms with Gasteiger partial charge in [-0.3, -0.25) is 0 Å². The van der Waals surface area contributed by atoms with Crippen LogP contribution in [-0.2, 0) is 0 Å². The van der Waals surface area contributed by atoms with E-state index in [2.05, 4.69) is 57.4 Å². The molecule has 0 spiro atoms. The van der Waals surface area contributed by atoms with Gasteiger partial charge in [-0.1, -0.05) is 32.0 Å². The minimum atomic E-state index is 0.600. The smallest absolute Gasteiger partial charge is 0.0107 e. The summed E-state index contributed by atoms with van der Waals surface area (Å²) in [7, 11) is 2.08. The van der Waals surface area contributed by atoms with Crippen LogP contribution < -0.4 is 5.32 Å². The highest BCUT2D eigenvalue weighted by Crippen LogP contribution is 2.43. The first kappa shape index (κ1) is 14.0. The lowest BCUT2D eigenvalue weighted by molar-refractivity contribution is 0.271. The minimum Gasteiger partial charge on any atom is -0.317 e. The largest absolute Gasteiger partial charge is 0.317 e. The molecule has 100 valence electrons. The Bertz CT molecular complexity index is 388. The van der Waals surface area contributed by atoms with Crippen LogP contribution in [-0.4, -0.2) is 18.8 Å². The van der Waals surface area contributed by atoms with Crippen LogP contribution in [0.25, 0.3) is 0 Å². The van der Waals surface area contributed by atoms with E-state index in [0.29, 0.717) is 6.04 Å². The molecule has 2 heteroatoms. The van der Waals surface area contributed by atoms with E-state index < -0.39 is 0 Å². The first-order valence-corrected chi connectivity index (χ1v) is 8.01. The summed E-state index contributed by atoms with van der Waals surface area (Å²) in [6, 6.07) is 9.53. The zero-order valence-electron chi connectivity index (χ0n) is 11.9. The number of hydrogen-bond donors (Lipinski definition) is 1. The maximum absolute atomic E-state index is 3.44. The Labute approximate surface area is 116 Å². The molecule has 0 amide bonds. The second-order valence-corrected chi connectivity index (χ2v) is 6.83. The predicted molar refractivity (Wildman–Crippen MR) is 81.4 cm³/mol. The van der Waals surface area contributed by atoms with Crippen molar-refractivity contribution in [3.05, 3.63) is 29.8 Å². The van der Waals surface area contributed by atoms with Gasteiger partial charge in [0.2, 0.25) is 0 Å². The van der Waals surface area contributed by atoms with E-state index in [0.717, 1.165) is 17.8 Å². The monoisotopic (exact) mass is 263 g/mol. The molecule has 0 fully saturated rings. The van der Waals surface area contributed by atoms with Crippen molar-refractivity contribution in [2.75, 3.05) is 12.8 Å². The Kier molecular flexibility index (Phi) is 4.74. The molecule has 1 aliphatic heterocycles. The molecule has 2 rings (SSSR count). The van der Waals surface area contributed by atoms with Gasteiger partial charge in [-0.05, 0) is 49.8 Å². The molecule has 3 atom stereocenters. The Morgan fingerprint density at radius 1 is 1.28 bits per heavy atom. The number of thioether (sulfide) groups is 1. The van der Waals surface area contributed by atoms with Gasteiger partial charge in [-0.2, -0.15) is 0 Å². The molecular weight excluding hydrogens is 238 g/mol. The highest BCUT2D eigenvalue weighted by atomic mass is 32.2. The van der Waals surface area contributed by atoms with Gasteiger partial charge in [0.15, 0.2) is 0 Å². The SMILES string of the molecule is CNC(C)C(CC1CSc2ccccc21)C(C)C. The number of rotatable bonds is 5. The van der Waals surface area contributed by atoms with Gasteiger partial charge in [-0.25, -0.2) is 0 Å². The van der Waals surface area contributed by atoms with Crippen LogP contribution in [0.4, 0.5) is 0 Å². The lowest BCUT2D eigenvalue weighted by Crippen LogP contribution is -2.34. The van der Waals surface area contributed by atoms with E-state index in [1.165, 1.54) is 17.1 Å². The van der Waals surface area contributed by atoms with Gasteiger partial charge in [0, 0.05) is 16.7 Å². The van der Waals surface area contributed by atoms with E-state index in [1.54, 1.807) is 5.56 Å². The molecule has 0 aliphatic carbocycles. The molecule has 1 heterocycles. The van der Waals surface area contributed by atoms with Crippen molar-refractivity contribution in [1.29, 1.82) is 0 Å². The molecule has 18 heavy (non-hydrogen) atoms. The lowest BCUT2D eigenvalue weighted by atomic mass is 9.80. The van der Waals surface area contributed by atoms with E-state index in [9.17, 15) is 0 Å². The van der Waals surface area contributed by atoms with Crippen molar-refractivity contribution in [2.45, 2.75) is 44.0 Å². The van der Waals surface area contributed by atoms with Gasteiger partial charge in [0.1, 0.15) is 0 Å². The summed E-state index contributed by atoms with van der Waals surface area (Å²) in [6.07, 6.45) is 1.31. The maximum atomic E-state index is 3.44. The normalized spacial score (nSPS) is 21.9. The van der Waals surface area contributed by atoms with Crippen LogP contribution in [0.3, 0.4) is 0 Å². The summed E-state index contributed by atoms with van der Waals surface area (Å²) in [5.74, 6) is 3.50. The van der Waals surface area contributed by atoms with Gasteiger partial charge in [-0.15, -0.1) is 11.8 Å². The Morgan fingerprint density at radius 3 is 2.67 bits per heavy atom. The summed E-state index contributed by atoms with van der Waals surface area (Å²) in [4.78, 5) is 1.50. The highest BCUT2D eigenvalue weighted by Gasteiger charge is 2.29. The molecule has 0 saturated heterocycles. The zero-order chi connectivity index (χ0) is 13.1. The molecule has 1 nitrogen and oxygen atoms in total. The maximum Gasteiger partial charge on any atom is 0.0107 e. The Balaban J connectivity index is 2.10. The van der Waals surface area contributed by atoms with E-state index in [-0.39, 0.29) is 0 Å². The third-order valence-corrected chi connectivity index (χ3v) is 5.56. The summed E-state index contributed by atoms with van der Waals surface area (Å²) >= 11 is 2.03. The summed E-state index contributed by atoms with van der Waals surface area (Å²) < 4.78 is 0. The molecule has 0 aromatic heterocycles. The molecule has 1 aliphatic rings. The van der Waals surface area contributed by atoms with Crippen molar-refractivity contribution in [2.24, 2.45) is 11.8 Å². The van der Waals surface area contributed by atoms with Crippen molar-refractivity contribution >= 4 is 11.8 Å². The van der Waals surface area contributed by atoms with Crippen LogP contribution in [0.15, 0.2) is 29.2 Å². The third kappa shape index (κ3) is 2.92. The average Bonchev–Trinajstić information content (AvgIpc) is 2.78. The van der Waals surface area contributed by atoms with Crippen LogP contribution in [0.5, 0.6) is 0 Å². The van der Waals surface area contributed by atoms with Crippen molar-refractivity contribution in [1.82, 2.24) is 5.32 Å². The molecular formula is C16H25NS. The number of fused-ring (bicyclic) bond motifs is 1.